The van der Waals surface area contributed by atoms with Gasteiger partial charge in [-0.1, -0.05) is 0 Å². The van der Waals surface area contributed by atoms with Gasteiger partial charge in [-0.2, -0.15) is 5.26 Å². The first-order chi connectivity index (χ1) is 8.19. The third-order valence-corrected chi connectivity index (χ3v) is 4.01. The maximum absolute atomic E-state index is 11.5. The molecule has 2 fully saturated rings. The quantitative estimate of drug-likeness (QED) is 0.695. The standard InChI is InChI=1S/C13H20N2O2/c1-17-12(16)11-3-2-8-15(9-11)10-13(4-5-13)6-7-14/h11H,2-6,8-10H2,1H3. The molecule has 0 spiro atoms. The number of hydrogen-bond acceptors (Lipinski definition) is 4. The molecule has 0 aromatic carbocycles. The highest BCUT2D eigenvalue weighted by Crippen LogP contribution is 2.49. The molecule has 0 N–H and O–H groups in total. The number of esters is 1. The van der Waals surface area contributed by atoms with Gasteiger partial charge in [0.1, 0.15) is 0 Å². The van der Waals surface area contributed by atoms with Crippen molar-refractivity contribution in [2.75, 3.05) is 26.7 Å². The van der Waals surface area contributed by atoms with Crippen LogP contribution in [0.5, 0.6) is 0 Å². The fourth-order valence-electron chi connectivity index (χ4n) is 2.77. The van der Waals surface area contributed by atoms with Crippen LogP contribution in [0.15, 0.2) is 0 Å². The summed E-state index contributed by atoms with van der Waals surface area (Å²) >= 11 is 0. The Hall–Kier alpha value is -1.08. The molecule has 1 saturated carbocycles. The minimum Gasteiger partial charge on any atom is -0.469 e. The van der Waals surface area contributed by atoms with Crippen LogP contribution < -0.4 is 0 Å². The fraction of sp³-hybridized carbons (Fsp3) is 0.846. The second-order valence-electron chi connectivity index (χ2n) is 5.43. The number of hydrogen-bond donors (Lipinski definition) is 0. The van der Waals surface area contributed by atoms with E-state index in [4.69, 9.17) is 10.00 Å². The Bertz CT molecular complexity index is 331. The topological polar surface area (TPSA) is 53.3 Å². The average molecular weight is 236 g/mol. The van der Waals surface area contributed by atoms with E-state index in [1.807, 2.05) is 0 Å². The summed E-state index contributed by atoms with van der Waals surface area (Å²) in [6.45, 7) is 2.84. The molecule has 0 radical (unpaired) electrons. The van der Waals surface area contributed by atoms with Crippen molar-refractivity contribution in [1.29, 1.82) is 5.26 Å². The minimum atomic E-state index is -0.0835. The first-order valence-corrected chi connectivity index (χ1v) is 6.36. The number of piperidine rings is 1. The molecule has 94 valence electrons. The molecule has 4 nitrogen and oxygen atoms in total. The molecule has 0 aromatic rings. The molecular weight excluding hydrogens is 216 g/mol. The fourth-order valence-corrected chi connectivity index (χ4v) is 2.77. The maximum atomic E-state index is 11.5. The van der Waals surface area contributed by atoms with Crippen LogP contribution in [0, 0.1) is 22.7 Å². The molecule has 17 heavy (non-hydrogen) atoms. The van der Waals surface area contributed by atoms with Crippen LogP contribution in [0.25, 0.3) is 0 Å². The van der Waals surface area contributed by atoms with Crippen molar-refractivity contribution in [2.45, 2.75) is 32.1 Å². The average Bonchev–Trinajstić information content (AvgIpc) is 3.08. The van der Waals surface area contributed by atoms with Crippen LogP contribution in [0.2, 0.25) is 0 Å². The third kappa shape index (κ3) is 2.98. The van der Waals surface area contributed by atoms with Crippen molar-refractivity contribution < 1.29 is 9.53 Å². The Morgan fingerprint density at radius 3 is 2.94 bits per heavy atom. The van der Waals surface area contributed by atoms with Crippen molar-refractivity contribution in [1.82, 2.24) is 4.90 Å². The van der Waals surface area contributed by atoms with Gasteiger partial charge in [0.15, 0.2) is 0 Å². The van der Waals surface area contributed by atoms with Gasteiger partial charge in [-0.15, -0.1) is 0 Å². The predicted octanol–water partition coefficient (Wildman–Crippen LogP) is 1.57. The zero-order chi connectivity index (χ0) is 12.3. The van der Waals surface area contributed by atoms with Gasteiger partial charge in [-0.25, -0.2) is 0 Å². The Morgan fingerprint density at radius 1 is 1.59 bits per heavy atom. The number of nitriles is 1. The second kappa shape index (κ2) is 5.05. The summed E-state index contributed by atoms with van der Waals surface area (Å²) in [6, 6.07) is 2.29. The Labute approximate surface area is 103 Å². The number of carbonyl (C=O) groups excluding carboxylic acids is 1. The van der Waals surface area contributed by atoms with Crippen molar-refractivity contribution in [2.24, 2.45) is 11.3 Å². The van der Waals surface area contributed by atoms with E-state index in [2.05, 4.69) is 11.0 Å². The summed E-state index contributed by atoms with van der Waals surface area (Å²) in [5.41, 5.74) is 0.243. The van der Waals surface area contributed by atoms with Crippen molar-refractivity contribution in [3.8, 4) is 6.07 Å². The summed E-state index contributed by atoms with van der Waals surface area (Å²) in [4.78, 5) is 13.9. The monoisotopic (exact) mass is 236 g/mol. The lowest BCUT2D eigenvalue weighted by Crippen LogP contribution is -2.41. The molecule has 1 saturated heterocycles. The number of likely N-dealkylation sites (tertiary alicyclic amines) is 1. The molecular formula is C13H20N2O2. The summed E-state index contributed by atoms with van der Waals surface area (Å²) in [6.07, 6.45) is 4.99. The SMILES string of the molecule is COC(=O)C1CCCN(CC2(CC#N)CC2)C1. The van der Waals surface area contributed by atoms with E-state index in [0.717, 1.165) is 32.5 Å². The highest BCUT2D eigenvalue weighted by atomic mass is 16.5. The van der Waals surface area contributed by atoms with Gasteiger partial charge in [-0.05, 0) is 37.6 Å². The zero-order valence-electron chi connectivity index (χ0n) is 10.4. The van der Waals surface area contributed by atoms with Gasteiger partial charge < -0.3 is 9.64 Å². The molecule has 1 aliphatic carbocycles. The van der Waals surface area contributed by atoms with E-state index < -0.39 is 0 Å². The van der Waals surface area contributed by atoms with Crippen LogP contribution in [0.1, 0.15) is 32.1 Å². The van der Waals surface area contributed by atoms with Crippen LogP contribution in [-0.2, 0) is 9.53 Å². The molecule has 2 rings (SSSR count). The normalized spacial score (nSPS) is 27.2. The summed E-state index contributed by atoms with van der Waals surface area (Å²) in [7, 11) is 1.46. The Balaban J connectivity index is 1.86. The van der Waals surface area contributed by atoms with E-state index in [9.17, 15) is 4.79 Å². The summed E-state index contributed by atoms with van der Waals surface area (Å²) in [5.74, 6) is -0.0496. The maximum Gasteiger partial charge on any atom is 0.309 e. The van der Waals surface area contributed by atoms with Gasteiger partial charge >= 0.3 is 5.97 Å². The number of methoxy groups -OCH3 is 1. The lowest BCUT2D eigenvalue weighted by atomic mass is 9.95. The van der Waals surface area contributed by atoms with E-state index >= 15 is 0 Å². The molecule has 0 aromatic heterocycles. The smallest absolute Gasteiger partial charge is 0.309 e. The number of rotatable bonds is 4. The van der Waals surface area contributed by atoms with Crippen LogP contribution in [-0.4, -0.2) is 37.6 Å². The van der Waals surface area contributed by atoms with Gasteiger partial charge in [0.05, 0.1) is 19.1 Å². The zero-order valence-corrected chi connectivity index (χ0v) is 10.4. The van der Waals surface area contributed by atoms with Crippen LogP contribution >= 0.6 is 0 Å². The molecule has 1 heterocycles. The van der Waals surface area contributed by atoms with Gasteiger partial charge in [0.2, 0.25) is 0 Å². The lowest BCUT2D eigenvalue weighted by Gasteiger charge is -2.33. The third-order valence-electron chi connectivity index (χ3n) is 4.01. The first-order valence-electron chi connectivity index (χ1n) is 6.36. The van der Waals surface area contributed by atoms with Gasteiger partial charge in [-0.3, -0.25) is 4.79 Å². The minimum absolute atomic E-state index is 0.0339. The molecule has 1 atom stereocenters. The predicted molar refractivity (Wildman–Crippen MR) is 63.1 cm³/mol. The van der Waals surface area contributed by atoms with Crippen LogP contribution in [0.3, 0.4) is 0 Å². The van der Waals surface area contributed by atoms with Crippen molar-refractivity contribution in [3.63, 3.8) is 0 Å². The lowest BCUT2D eigenvalue weighted by molar-refractivity contribution is -0.147. The molecule has 0 bridgehead atoms. The van der Waals surface area contributed by atoms with Crippen molar-refractivity contribution >= 4 is 5.97 Å². The Kier molecular flexibility index (Phi) is 3.68. The Morgan fingerprint density at radius 2 is 2.35 bits per heavy atom. The molecule has 1 unspecified atom stereocenters. The van der Waals surface area contributed by atoms with Crippen molar-refractivity contribution in [3.05, 3.63) is 0 Å². The molecule has 0 amide bonds. The highest BCUT2D eigenvalue weighted by molar-refractivity contribution is 5.72. The van der Waals surface area contributed by atoms with Gasteiger partial charge in [0.25, 0.3) is 0 Å². The van der Waals surface area contributed by atoms with E-state index in [0.29, 0.717) is 6.42 Å². The molecule has 4 heteroatoms. The second-order valence-corrected chi connectivity index (χ2v) is 5.43. The number of nitrogens with zero attached hydrogens (tertiary/aromatic N) is 2. The first kappa shape index (κ1) is 12.4. The van der Waals surface area contributed by atoms with Crippen LogP contribution in [0.4, 0.5) is 0 Å². The van der Waals surface area contributed by atoms with E-state index in [1.165, 1.54) is 20.0 Å². The number of ether oxygens (including phenoxy) is 1. The number of carbonyl (C=O) groups is 1. The van der Waals surface area contributed by atoms with E-state index in [-0.39, 0.29) is 17.3 Å². The molecule has 1 aliphatic heterocycles. The van der Waals surface area contributed by atoms with E-state index in [1.54, 1.807) is 0 Å². The summed E-state index contributed by atoms with van der Waals surface area (Å²) in [5, 5.41) is 8.81. The highest BCUT2D eigenvalue weighted by Gasteiger charge is 2.44. The largest absolute Gasteiger partial charge is 0.469 e. The van der Waals surface area contributed by atoms with Gasteiger partial charge in [0, 0.05) is 19.5 Å². The molecule has 2 aliphatic rings. The summed E-state index contributed by atoms with van der Waals surface area (Å²) < 4.78 is 4.81.